The molecule has 2 aromatic heterocycles. The number of nitrogens with zero attached hydrogens (tertiary/aromatic N) is 5. The van der Waals surface area contributed by atoms with Crippen LogP contribution in [-0.4, -0.2) is 38.9 Å². The van der Waals surface area contributed by atoms with Crippen LogP contribution in [0.1, 0.15) is 12.7 Å². The van der Waals surface area contributed by atoms with Crippen molar-refractivity contribution in [2.75, 3.05) is 24.2 Å². The van der Waals surface area contributed by atoms with Gasteiger partial charge in [0.15, 0.2) is 5.16 Å². The predicted octanol–water partition coefficient (Wildman–Crippen LogP) is 2.86. The van der Waals surface area contributed by atoms with Gasteiger partial charge in [-0.05, 0) is 22.2 Å². The second-order valence-corrected chi connectivity index (χ2v) is 6.78. The van der Waals surface area contributed by atoms with Crippen LogP contribution in [0.25, 0.3) is 0 Å². The molecule has 3 rings (SSSR count). The van der Waals surface area contributed by atoms with Gasteiger partial charge in [0.1, 0.15) is 11.6 Å². The third kappa shape index (κ3) is 3.08. The van der Waals surface area contributed by atoms with Gasteiger partial charge in [0.05, 0.1) is 4.47 Å². The molecule has 0 aromatic carbocycles. The fraction of sp³-hybridized carbons (Fsp3) is 0.500. The van der Waals surface area contributed by atoms with E-state index < -0.39 is 0 Å². The van der Waals surface area contributed by atoms with Crippen LogP contribution in [0.3, 0.4) is 0 Å². The first-order valence-electron chi connectivity index (χ1n) is 7.02. The third-order valence-electron chi connectivity index (χ3n) is 3.72. The molecule has 0 spiro atoms. The van der Waals surface area contributed by atoms with Crippen LogP contribution in [0, 0.1) is 5.92 Å². The van der Waals surface area contributed by atoms with Crippen LogP contribution in [0.2, 0.25) is 0 Å². The minimum absolute atomic E-state index is 0.657. The summed E-state index contributed by atoms with van der Waals surface area (Å²) in [7, 11) is 0. The summed E-state index contributed by atoms with van der Waals surface area (Å²) in [5.74, 6) is 2.83. The Labute approximate surface area is 137 Å². The van der Waals surface area contributed by atoms with Gasteiger partial charge in [0, 0.05) is 50.6 Å². The molecule has 0 atom stereocenters. The third-order valence-corrected chi connectivity index (χ3v) is 4.84. The summed E-state index contributed by atoms with van der Waals surface area (Å²) in [6, 6.07) is 0. The van der Waals surface area contributed by atoms with Gasteiger partial charge in [-0.25, -0.2) is 15.0 Å². The quantitative estimate of drug-likeness (QED) is 0.600. The number of hydrogen-bond donors (Lipinski definition) is 0. The highest BCUT2D eigenvalue weighted by Crippen LogP contribution is 2.31. The predicted molar refractivity (Wildman–Crippen MR) is 88.8 cm³/mol. The normalized spacial score (nSPS) is 15.3. The maximum atomic E-state index is 4.59. The van der Waals surface area contributed by atoms with E-state index in [9.17, 15) is 0 Å². The molecule has 7 heteroatoms. The standard InChI is InChI=1S/C14H18BrN5S/c1-3-12-16-4-5-19(12)7-10-8-20(9-10)13-11(15)6-17-14(18-13)21-2/h4-6,10H,3,7-9H2,1-2H3. The maximum Gasteiger partial charge on any atom is 0.189 e. The molecule has 1 fully saturated rings. The van der Waals surface area contributed by atoms with E-state index in [0.29, 0.717) is 5.92 Å². The number of imidazole rings is 1. The molecule has 0 aliphatic carbocycles. The molecule has 1 aliphatic heterocycles. The summed E-state index contributed by atoms with van der Waals surface area (Å²) in [4.78, 5) is 15.5. The highest BCUT2D eigenvalue weighted by Gasteiger charge is 2.30. The van der Waals surface area contributed by atoms with E-state index in [0.717, 1.165) is 41.5 Å². The Morgan fingerprint density at radius 3 is 2.90 bits per heavy atom. The Morgan fingerprint density at radius 1 is 1.38 bits per heavy atom. The molecule has 21 heavy (non-hydrogen) atoms. The van der Waals surface area contributed by atoms with Crippen molar-refractivity contribution in [2.24, 2.45) is 5.92 Å². The first kappa shape index (κ1) is 14.8. The number of aromatic nitrogens is 4. The second-order valence-electron chi connectivity index (χ2n) is 5.15. The van der Waals surface area contributed by atoms with Gasteiger partial charge in [0.25, 0.3) is 0 Å². The molecule has 0 saturated carbocycles. The Kier molecular flexibility index (Phi) is 4.49. The average molecular weight is 368 g/mol. The zero-order valence-electron chi connectivity index (χ0n) is 12.2. The molecule has 0 N–H and O–H groups in total. The lowest BCUT2D eigenvalue weighted by Crippen LogP contribution is -2.49. The summed E-state index contributed by atoms with van der Waals surface area (Å²) >= 11 is 5.12. The average Bonchev–Trinajstić information content (AvgIpc) is 2.90. The van der Waals surface area contributed by atoms with Crippen LogP contribution in [0.4, 0.5) is 5.82 Å². The van der Waals surface area contributed by atoms with Crippen molar-refractivity contribution in [2.45, 2.75) is 25.0 Å². The number of anilines is 1. The lowest BCUT2D eigenvalue weighted by atomic mass is 10.00. The molecular formula is C14H18BrN5S. The van der Waals surface area contributed by atoms with E-state index in [1.807, 2.05) is 18.6 Å². The topological polar surface area (TPSA) is 46.8 Å². The Hall–Kier alpha value is -1.08. The van der Waals surface area contributed by atoms with Crippen LogP contribution in [-0.2, 0) is 13.0 Å². The largest absolute Gasteiger partial charge is 0.355 e. The Balaban J connectivity index is 1.63. The van der Waals surface area contributed by atoms with E-state index in [2.05, 4.69) is 53.5 Å². The summed E-state index contributed by atoms with van der Waals surface area (Å²) in [5.41, 5.74) is 0. The molecule has 112 valence electrons. The Morgan fingerprint density at radius 2 is 2.19 bits per heavy atom. The molecule has 2 aromatic rings. The fourth-order valence-corrected chi connectivity index (χ4v) is 3.40. The molecule has 1 saturated heterocycles. The van der Waals surface area contributed by atoms with Gasteiger partial charge < -0.3 is 9.47 Å². The van der Waals surface area contributed by atoms with Gasteiger partial charge in [-0.15, -0.1) is 0 Å². The molecule has 3 heterocycles. The van der Waals surface area contributed by atoms with Gasteiger partial charge in [-0.1, -0.05) is 18.7 Å². The number of rotatable bonds is 5. The first-order valence-corrected chi connectivity index (χ1v) is 9.04. The highest BCUT2D eigenvalue weighted by molar-refractivity contribution is 9.10. The van der Waals surface area contributed by atoms with Gasteiger partial charge in [-0.2, -0.15) is 0 Å². The van der Waals surface area contributed by atoms with Crippen LogP contribution >= 0.6 is 27.7 Å². The van der Waals surface area contributed by atoms with E-state index in [1.54, 1.807) is 11.8 Å². The summed E-state index contributed by atoms with van der Waals surface area (Å²) in [6.45, 7) is 5.25. The van der Waals surface area contributed by atoms with Crippen molar-refractivity contribution < 1.29 is 0 Å². The second kappa shape index (κ2) is 6.36. The summed E-state index contributed by atoms with van der Waals surface area (Å²) < 4.78 is 3.24. The lowest BCUT2D eigenvalue weighted by molar-refractivity contribution is 0.350. The van der Waals surface area contributed by atoms with Gasteiger partial charge in [-0.3, -0.25) is 0 Å². The molecule has 0 unspecified atom stereocenters. The van der Waals surface area contributed by atoms with E-state index >= 15 is 0 Å². The number of halogens is 1. The van der Waals surface area contributed by atoms with Crippen molar-refractivity contribution in [3.63, 3.8) is 0 Å². The molecule has 0 amide bonds. The zero-order valence-corrected chi connectivity index (χ0v) is 14.6. The minimum atomic E-state index is 0.657. The van der Waals surface area contributed by atoms with Crippen molar-refractivity contribution in [3.05, 3.63) is 28.9 Å². The van der Waals surface area contributed by atoms with Gasteiger partial charge in [0.2, 0.25) is 0 Å². The van der Waals surface area contributed by atoms with Crippen molar-refractivity contribution >= 4 is 33.5 Å². The van der Waals surface area contributed by atoms with Crippen molar-refractivity contribution in [1.29, 1.82) is 0 Å². The highest BCUT2D eigenvalue weighted by atomic mass is 79.9. The first-order chi connectivity index (χ1) is 10.2. The van der Waals surface area contributed by atoms with Crippen LogP contribution in [0.5, 0.6) is 0 Å². The van der Waals surface area contributed by atoms with E-state index in [-0.39, 0.29) is 0 Å². The summed E-state index contributed by atoms with van der Waals surface area (Å²) in [6.07, 6.45) is 8.79. The monoisotopic (exact) mass is 367 g/mol. The lowest BCUT2D eigenvalue weighted by Gasteiger charge is -2.40. The number of hydrogen-bond acceptors (Lipinski definition) is 5. The Bertz CT molecular complexity index is 624. The molecular weight excluding hydrogens is 350 g/mol. The fourth-order valence-electron chi connectivity index (χ4n) is 2.62. The molecule has 0 radical (unpaired) electrons. The van der Waals surface area contributed by atoms with Crippen LogP contribution < -0.4 is 4.90 Å². The SMILES string of the molecule is CCc1nccn1CC1CN(c2nc(SC)ncc2Br)C1. The van der Waals surface area contributed by atoms with Crippen molar-refractivity contribution in [1.82, 2.24) is 19.5 Å². The number of thioether (sulfide) groups is 1. The molecule has 5 nitrogen and oxygen atoms in total. The minimum Gasteiger partial charge on any atom is -0.355 e. The smallest absolute Gasteiger partial charge is 0.189 e. The van der Waals surface area contributed by atoms with Crippen LogP contribution in [0.15, 0.2) is 28.2 Å². The zero-order chi connectivity index (χ0) is 14.8. The number of aryl methyl sites for hydroxylation is 1. The molecule has 1 aliphatic rings. The van der Waals surface area contributed by atoms with E-state index in [4.69, 9.17) is 0 Å². The van der Waals surface area contributed by atoms with E-state index in [1.165, 1.54) is 5.82 Å². The maximum absolute atomic E-state index is 4.59. The van der Waals surface area contributed by atoms with Gasteiger partial charge >= 0.3 is 0 Å². The summed E-state index contributed by atoms with van der Waals surface area (Å²) in [5, 5.41) is 0.819. The molecule has 0 bridgehead atoms. The van der Waals surface area contributed by atoms with Crippen molar-refractivity contribution in [3.8, 4) is 0 Å².